The summed E-state index contributed by atoms with van der Waals surface area (Å²) in [4.78, 5) is 23.2. The highest BCUT2D eigenvalue weighted by Gasteiger charge is 2.24. The van der Waals surface area contributed by atoms with Gasteiger partial charge < -0.3 is 19.9 Å². The van der Waals surface area contributed by atoms with Gasteiger partial charge in [0.2, 0.25) is 0 Å². The number of aliphatic carboxylic acids is 1. The Morgan fingerprint density at radius 1 is 1.29 bits per heavy atom. The minimum absolute atomic E-state index is 0.212. The van der Waals surface area contributed by atoms with Crippen LogP contribution in [0.1, 0.15) is 31.1 Å². The number of hydrogen-bond donors (Lipinski definition) is 2. The summed E-state index contributed by atoms with van der Waals surface area (Å²) >= 11 is 0. The Morgan fingerprint density at radius 2 is 1.95 bits per heavy atom. The molecule has 0 fully saturated rings. The Labute approximate surface area is 124 Å². The summed E-state index contributed by atoms with van der Waals surface area (Å²) in [5, 5.41) is 11.6. The van der Waals surface area contributed by atoms with Crippen LogP contribution in [0.25, 0.3) is 0 Å². The zero-order chi connectivity index (χ0) is 16.0. The second-order valence-electron chi connectivity index (χ2n) is 4.83. The van der Waals surface area contributed by atoms with E-state index in [0.717, 1.165) is 0 Å². The van der Waals surface area contributed by atoms with E-state index in [-0.39, 0.29) is 5.92 Å². The highest BCUT2D eigenvalue weighted by molar-refractivity contribution is 5.97. The van der Waals surface area contributed by atoms with Crippen LogP contribution in [0.3, 0.4) is 0 Å². The van der Waals surface area contributed by atoms with Gasteiger partial charge in [-0.05, 0) is 31.0 Å². The van der Waals surface area contributed by atoms with Gasteiger partial charge in [0.05, 0.1) is 13.7 Å². The quantitative estimate of drug-likeness (QED) is 0.803. The molecule has 0 heterocycles. The molecule has 0 spiro atoms. The molecule has 0 aliphatic rings. The number of carboxylic acids is 1. The second kappa shape index (κ2) is 7.52. The van der Waals surface area contributed by atoms with E-state index in [1.54, 1.807) is 26.0 Å². The van der Waals surface area contributed by atoms with Gasteiger partial charge in [-0.2, -0.15) is 0 Å². The number of rotatable bonds is 7. The molecule has 0 saturated carbocycles. The van der Waals surface area contributed by atoms with E-state index in [2.05, 4.69) is 5.32 Å². The van der Waals surface area contributed by atoms with E-state index in [1.165, 1.54) is 13.2 Å². The molecular weight excluding hydrogens is 274 g/mol. The number of methoxy groups -OCH3 is 1. The Bertz CT molecular complexity index is 513. The molecule has 116 valence electrons. The van der Waals surface area contributed by atoms with Gasteiger partial charge in [0.1, 0.15) is 6.04 Å². The average molecular weight is 295 g/mol. The highest BCUT2D eigenvalue weighted by Crippen LogP contribution is 2.28. The van der Waals surface area contributed by atoms with Crippen molar-refractivity contribution in [2.75, 3.05) is 13.7 Å². The first-order valence-corrected chi connectivity index (χ1v) is 6.75. The first-order valence-electron chi connectivity index (χ1n) is 6.75. The van der Waals surface area contributed by atoms with Crippen molar-refractivity contribution in [3.63, 3.8) is 0 Å². The van der Waals surface area contributed by atoms with Gasteiger partial charge in [0, 0.05) is 5.56 Å². The molecule has 0 aliphatic carbocycles. The molecule has 0 unspecified atom stereocenters. The zero-order valence-electron chi connectivity index (χ0n) is 12.7. The van der Waals surface area contributed by atoms with Gasteiger partial charge in [-0.1, -0.05) is 13.8 Å². The van der Waals surface area contributed by atoms with Gasteiger partial charge >= 0.3 is 5.97 Å². The van der Waals surface area contributed by atoms with E-state index in [9.17, 15) is 9.59 Å². The smallest absolute Gasteiger partial charge is 0.326 e. The third-order valence-corrected chi connectivity index (χ3v) is 2.94. The molecule has 0 radical (unpaired) electrons. The van der Waals surface area contributed by atoms with E-state index >= 15 is 0 Å². The van der Waals surface area contributed by atoms with Crippen molar-refractivity contribution in [2.24, 2.45) is 5.92 Å². The van der Waals surface area contributed by atoms with Crippen LogP contribution in [-0.2, 0) is 4.79 Å². The lowest BCUT2D eigenvalue weighted by Crippen LogP contribution is -2.44. The summed E-state index contributed by atoms with van der Waals surface area (Å²) in [6.07, 6.45) is 0. The predicted molar refractivity (Wildman–Crippen MR) is 77.9 cm³/mol. The van der Waals surface area contributed by atoms with Crippen LogP contribution in [0.15, 0.2) is 18.2 Å². The van der Waals surface area contributed by atoms with Crippen molar-refractivity contribution in [3.8, 4) is 11.5 Å². The summed E-state index contributed by atoms with van der Waals surface area (Å²) < 4.78 is 10.5. The minimum atomic E-state index is -1.06. The predicted octanol–water partition coefficient (Wildman–Crippen LogP) is 1.93. The van der Waals surface area contributed by atoms with Crippen molar-refractivity contribution in [1.82, 2.24) is 5.32 Å². The molecule has 1 aromatic rings. The molecule has 1 amide bonds. The van der Waals surface area contributed by atoms with Crippen molar-refractivity contribution in [3.05, 3.63) is 23.8 Å². The largest absolute Gasteiger partial charge is 0.493 e. The molecule has 1 aromatic carbocycles. The third-order valence-electron chi connectivity index (χ3n) is 2.94. The molecule has 0 aromatic heterocycles. The van der Waals surface area contributed by atoms with E-state index in [4.69, 9.17) is 14.6 Å². The molecular formula is C15H21NO5. The molecule has 1 rings (SSSR count). The summed E-state index contributed by atoms with van der Waals surface area (Å²) in [6, 6.07) is 3.79. The number of ether oxygens (including phenoxy) is 2. The van der Waals surface area contributed by atoms with Crippen LogP contribution in [0.4, 0.5) is 0 Å². The summed E-state index contributed by atoms with van der Waals surface area (Å²) in [5.41, 5.74) is 0.321. The van der Waals surface area contributed by atoms with Gasteiger partial charge in [-0.3, -0.25) is 4.79 Å². The Morgan fingerprint density at radius 3 is 2.43 bits per heavy atom. The molecule has 21 heavy (non-hydrogen) atoms. The Kier molecular flexibility index (Phi) is 6.02. The van der Waals surface area contributed by atoms with Crippen molar-refractivity contribution in [2.45, 2.75) is 26.8 Å². The van der Waals surface area contributed by atoms with Crippen LogP contribution < -0.4 is 14.8 Å². The van der Waals surface area contributed by atoms with Crippen molar-refractivity contribution >= 4 is 11.9 Å². The summed E-state index contributed by atoms with van der Waals surface area (Å²) in [7, 11) is 1.48. The number of amides is 1. The molecule has 1 atom stereocenters. The van der Waals surface area contributed by atoms with Gasteiger partial charge in [0.25, 0.3) is 5.91 Å². The van der Waals surface area contributed by atoms with Gasteiger partial charge in [-0.25, -0.2) is 4.79 Å². The number of carbonyl (C=O) groups is 2. The van der Waals surface area contributed by atoms with Crippen LogP contribution in [0, 0.1) is 5.92 Å². The zero-order valence-corrected chi connectivity index (χ0v) is 12.7. The van der Waals surface area contributed by atoms with E-state index < -0.39 is 17.9 Å². The monoisotopic (exact) mass is 295 g/mol. The standard InChI is InChI=1S/C15H21NO5/c1-5-21-11-7-6-10(8-12(11)20-4)14(17)16-13(9(2)3)15(18)19/h6-9,13H,5H2,1-4H3,(H,16,17)(H,18,19)/t13-/m0/s1. The second-order valence-corrected chi connectivity index (χ2v) is 4.83. The molecule has 0 bridgehead atoms. The van der Waals surface area contributed by atoms with Gasteiger partial charge in [-0.15, -0.1) is 0 Å². The SMILES string of the molecule is CCOc1ccc(C(=O)N[C@H](C(=O)O)C(C)C)cc1OC. The van der Waals surface area contributed by atoms with Crippen LogP contribution in [-0.4, -0.2) is 36.7 Å². The minimum Gasteiger partial charge on any atom is -0.493 e. The molecule has 6 heteroatoms. The number of benzene rings is 1. The fraction of sp³-hybridized carbons (Fsp3) is 0.467. The van der Waals surface area contributed by atoms with Crippen LogP contribution >= 0.6 is 0 Å². The Hall–Kier alpha value is -2.24. The lowest BCUT2D eigenvalue weighted by molar-refractivity contribution is -0.140. The summed E-state index contributed by atoms with van der Waals surface area (Å²) in [5.74, 6) is -0.763. The average Bonchev–Trinajstić information content (AvgIpc) is 2.44. The Balaban J connectivity index is 2.94. The maximum Gasteiger partial charge on any atom is 0.326 e. The van der Waals surface area contributed by atoms with E-state index in [1.807, 2.05) is 6.92 Å². The van der Waals surface area contributed by atoms with Crippen LogP contribution in [0.2, 0.25) is 0 Å². The van der Waals surface area contributed by atoms with Crippen LogP contribution in [0.5, 0.6) is 11.5 Å². The van der Waals surface area contributed by atoms with Gasteiger partial charge in [0.15, 0.2) is 11.5 Å². The summed E-state index contributed by atoms with van der Waals surface area (Å²) in [6.45, 7) is 5.80. The third kappa shape index (κ3) is 4.37. The fourth-order valence-corrected chi connectivity index (χ4v) is 1.82. The first-order chi connectivity index (χ1) is 9.90. The number of carboxylic acid groups (broad SMARTS) is 1. The van der Waals surface area contributed by atoms with Crippen molar-refractivity contribution < 1.29 is 24.2 Å². The topological polar surface area (TPSA) is 84.9 Å². The lowest BCUT2D eigenvalue weighted by Gasteiger charge is -2.18. The number of hydrogen-bond acceptors (Lipinski definition) is 4. The van der Waals surface area contributed by atoms with Crippen molar-refractivity contribution in [1.29, 1.82) is 0 Å². The normalized spacial score (nSPS) is 11.9. The number of carbonyl (C=O) groups excluding carboxylic acids is 1. The fourth-order valence-electron chi connectivity index (χ4n) is 1.82. The van der Waals surface area contributed by atoms with E-state index in [0.29, 0.717) is 23.7 Å². The maximum absolute atomic E-state index is 12.1. The lowest BCUT2D eigenvalue weighted by atomic mass is 10.0. The maximum atomic E-state index is 12.1. The molecule has 0 saturated heterocycles. The highest BCUT2D eigenvalue weighted by atomic mass is 16.5. The molecule has 6 nitrogen and oxygen atoms in total. The first kappa shape index (κ1) is 16.8. The number of nitrogens with one attached hydrogen (secondary N) is 1. The molecule has 0 aliphatic heterocycles. The molecule has 2 N–H and O–H groups in total.